The van der Waals surface area contributed by atoms with Crippen LogP contribution in [0.3, 0.4) is 0 Å². The second-order valence-electron chi connectivity index (χ2n) is 5.29. The van der Waals surface area contributed by atoms with Crippen LogP contribution in [-0.4, -0.2) is 63.0 Å². The molecule has 0 aromatic rings. The first-order valence-corrected chi connectivity index (χ1v) is 7.74. The highest BCUT2D eigenvalue weighted by Gasteiger charge is 2.18. The van der Waals surface area contributed by atoms with Crippen molar-refractivity contribution in [2.75, 3.05) is 39.5 Å². The molecule has 0 saturated carbocycles. The molecule has 0 aliphatic carbocycles. The van der Waals surface area contributed by atoms with E-state index in [1.165, 1.54) is 0 Å². The van der Waals surface area contributed by atoms with Gasteiger partial charge in [0.05, 0.1) is 33.8 Å². The summed E-state index contributed by atoms with van der Waals surface area (Å²) in [5.41, 5.74) is 0.379. The minimum Gasteiger partial charge on any atom is -0.462 e. The van der Waals surface area contributed by atoms with Crippen LogP contribution < -0.4 is 0 Å². The van der Waals surface area contributed by atoms with Crippen molar-refractivity contribution in [1.82, 2.24) is 0 Å². The van der Waals surface area contributed by atoms with Gasteiger partial charge in [-0.3, -0.25) is 4.55 Å². The van der Waals surface area contributed by atoms with Gasteiger partial charge in [0.15, 0.2) is 0 Å². The van der Waals surface area contributed by atoms with Crippen LogP contribution in [-0.2, 0) is 19.6 Å². The number of rotatable bonds is 9. The molecular weight excluding hydrogens is 270 g/mol. The number of nitrogens with zero attached hydrogens (tertiary/aromatic N) is 1. The molecule has 0 aliphatic rings. The highest BCUT2D eigenvalue weighted by atomic mass is 32.2. The molecule has 0 aliphatic heterocycles. The predicted octanol–water partition coefficient (Wildman–Crippen LogP) is 0.850. The summed E-state index contributed by atoms with van der Waals surface area (Å²) in [4.78, 5) is 11.1. The lowest BCUT2D eigenvalue weighted by atomic mass is 10.3. The number of hydrogen-bond donors (Lipinski definition) is 1. The number of ether oxygens (including phenoxy) is 1. The smallest absolute Gasteiger partial charge is 0.333 e. The zero-order chi connectivity index (χ0) is 15.1. The van der Waals surface area contributed by atoms with Gasteiger partial charge in [0.25, 0.3) is 10.1 Å². The molecule has 0 bridgehead atoms. The fourth-order valence-electron chi connectivity index (χ4n) is 1.40. The molecule has 19 heavy (non-hydrogen) atoms. The molecule has 6 nitrogen and oxygen atoms in total. The first kappa shape index (κ1) is 18.1. The number of hydrogen-bond acceptors (Lipinski definition) is 4. The van der Waals surface area contributed by atoms with Crippen molar-refractivity contribution in [2.45, 2.75) is 19.8 Å². The lowest BCUT2D eigenvalue weighted by molar-refractivity contribution is -0.888. The third kappa shape index (κ3) is 10.7. The molecule has 0 atom stereocenters. The number of unbranched alkanes of at least 4 members (excludes halogenated alkanes) is 1. The van der Waals surface area contributed by atoms with E-state index in [0.29, 0.717) is 29.6 Å². The minimum absolute atomic E-state index is 0.245. The van der Waals surface area contributed by atoms with Crippen LogP contribution in [0.5, 0.6) is 0 Å². The lowest BCUT2D eigenvalue weighted by Crippen LogP contribution is -2.43. The Morgan fingerprint density at radius 1 is 1.26 bits per heavy atom. The van der Waals surface area contributed by atoms with Gasteiger partial charge in [0.2, 0.25) is 0 Å². The normalized spacial score (nSPS) is 12.2. The maximum atomic E-state index is 11.1. The molecule has 0 saturated heterocycles. The standard InChI is InChI=1S/C12H23NO5S/c1-11(2)12(14)18-9-6-5-7-13(3,4)8-10-19(15,16)17/h1,5-10H2,2-4H3/p+1. The molecular formula is C12H24NO5S+. The van der Waals surface area contributed by atoms with Gasteiger partial charge < -0.3 is 9.22 Å². The molecule has 0 rings (SSSR count). The highest BCUT2D eigenvalue weighted by molar-refractivity contribution is 7.85. The summed E-state index contributed by atoms with van der Waals surface area (Å²) in [7, 11) is -0.120. The molecule has 0 spiro atoms. The van der Waals surface area contributed by atoms with E-state index in [4.69, 9.17) is 9.29 Å². The van der Waals surface area contributed by atoms with E-state index in [1.54, 1.807) is 6.92 Å². The summed E-state index contributed by atoms with van der Waals surface area (Å²) >= 11 is 0. The number of esters is 1. The SMILES string of the molecule is C=C(C)C(=O)OCCCC[N+](C)(C)CCS(=O)(=O)O. The summed E-state index contributed by atoms with van der Waals surface area (Å²) in [5.74, 6) is -0.634. The third-order valence-corrected chi connectivity index (χ3v) is 3.39. The largest absolute Gasteiger partial charge is 0.462 e. The Bertz CT molecular complexity index is 414. The molecule has 0 aromatic heterocycles. The Morgan fingerprint density at radius 2 is 1.84 bits per heavy atom. The molecule has 0 heterocycles. The van der Waals surface area contributed by atoms with Crippen molar-refractivity contribution in [2.24, 2.45) is 0 Å². The van der Waals surface area contributed by atoms with E-state index in [9.17, 15) is 13.2 Å². The molecule has 0 unspecified atom stereocenters. The Labute approximate surface area is 115 Å². The molecule has 7 heteroatoms. The molecule has 0 amide bonds. The average Bonchev–Trinajstić information content (AvgIpc) is 2.24. The van der Waals surface area contributed by atoms with Crippen molar-refractivity contribution < 1.29 is 27.0 Å². The highest BCUT2D eigenvalue weighted by Crippen LogP contribution is 2.04. The van der Waals surface area contributed by atoms with Gasteiger partial charge in [-0.2, -0.15) is 8.42 Å². The van der Waals surface area contributed by atoms with E-state index < -0.39 is 10.1 Å². The average molecular weight is 294 g/mol. The van der Waals surface area contributed by atoms with Gasteiger partial charge in [-0.15, -0.1) is 0 Å². The van der Waals surface area contributed by atoms with Gasteiger partial charge >= 0.3 is 5.97 Å². The quantitative estimate of drug-likeness (QED) is 0.224. The third-order valence-electron chi connectivity index (χ3n) is 2.69. The van der Waals surface area contributed by atoms with Crippen molar-refractivity contribution in [1.29, 1.82) is 0 Å². The maximum absolute atomic E-state index is 11.1. The van der Waals surface area contributed by atoms with Gasteiger partial charge in [-0.1, -0.05) is 6.58 Å². The van der Waals surface area contributed by atoms with Gasteiger partial charge in [-0.05, 0) is 19.8 Å². The number of carbonyl (C=O) groups excluding carboxylic acids is 1. The molecule has 1 N–H and O–H groups in total. The monoisotopic (exact) mass is 294 g/mol. The van der Waals surface area contributed by atoms with Crippen LogP contribution in [0, 0.1) is 0 Å². The van der Waals surface area contributed by atoms with E-state index >= 15 is 0 Å². The van der Waals surface area contributed by atoms with E-state index in [1.807, 2.05) is 14.1 Å². The summed E-state index contributed by atoms with van der Waals surface area (Å²) < 4.78 is 35.5. The van der Waals surface area contributed by atoms with E-state index in [-0.39, 0.29) is 11.7 Å². The fourth-order valence-corrected chi connectivity index (χ4v) is 2.13. The van der Waals surface area contributed by atoms with Crippen LogP contribution in [0.4, 0.5) is 0 Å². The van der Waals surface area contributed by atoms with Crippen molar-refractivity contribution in [3.8, 4) is 0 Å². The molecule has 0 radical (unpaired) electrons. The van der Waals surface area contributed by atoms with Crippen LogP contribution in [0.2, 0.25) is 0 Å². The second kappa shape index (κ2) is 7.62. The Hall–Kier alpha value is -0.920. The zero-order valence-electron chi connectivity index (χ0n) is 11.9. The summed E-state index contributed by atoms with van der Waals surface area (Å²) in [6.45, 7) is 6.52. The lowest BCUT2D eigenvalue weighted by Gasteiger charge is -2.29. The Kier molecular flexibility index (Phi) is 7.25. The number of carbonyl (C=O) groups is 1. The number of quaternary nitrogens is 1. The van der Waals surface area contributed by atoms with Crippen molar-refractivity contribution in [3.05, 3.63) is 12.2 Å². The molecule has 0 fully saturated rings. The minimum atomic E-state index is -3.91. The summed E-state index contributed by atoms with van der Waals surface area (Å²) in [6, 6.07) is 0. The first-order chi connectivity index (χ1) is 8.53. The maximum Gasteiger partial charge on any atom is 0.333 e. The Morgan fingerprint density at radius 3 is 2.32 bits per heavy atom. The van der Waals surface area contributed by atoms with Crippen LogP contribution in [0.1, 0.15) is 19.8 Å². The van der Waals surface area contributed by atoms with Gasteiger partial charge in [0.1, 0.15) is 5.75 Å². The Balaban J connectivity index is 3.81. The van der Waals surface area contributed by atoms with Crippen LogP contribution in [0.15, 0.2) is 12.2 Å². The van der Waals surface area contributed by atoms with Crippen molar-refractivity contribution in [3.63, 3.8) is 0 Å². The van der Waals surface area contributed by atoms with Crippen molar-refractivity contribution >= 4 is 16.1 Å². The molecule has 0 aromatic carbocycles. The topological polar surface area (TPSA) is 80.7 Å². The van der Waals surface area contributed by atoms with Crippen LogP contribution in [0.25, 0.3) is 0 Å². The second-order valence-corrected chi connectivity index (χ2v) is 6.86. The van der Waals surface area contributed by atoms with E-state index in [0.717, 1.165) is 13.0 Å². The van der Waals surface area contributed by atoms with Crippen LogP contribution >= 0.6 is 0 Å². The first-order valence-electron chi connectivity index (χ1n) is 6.13. The van der Waals surface area contributed by atoms with Gasteiger partial charge in [0, 0.05) is 5.57 Å². The van der Waals surface area contributed by atoms with E-state index in [2.05, 4.69) is 6.58 Å². The predicted molar refractivity (Wildman–Crippen MR) is 73.3 cm³/mol. The molecule has 112 valence electrons. The summed E-state index contributed by atoms with van der Waals surface area (Å²) in [6.07, 6.45) is 1.52. The fraction of sp³-hybridized carbons (Fsp3) is 0.750. The zero-order valence-corrected chi connectivity index (χ0v) is 12.7. The summed E-state index contributed by atoms with van der Waals surface area (Å²) in [5, 5.41) is 0. The van der Waals surface area contributed by atoms with Gasteiger partial charge in [-0.25, -0.2) is 4.79 Å².